The maximum absolute atomic E-state index is 3.74. The predicted molar refractivity (Wildman–Crippen MR) is 66.9 cm³/mol. The third-order valence-electron chi connectivity index (χ3n) is 2.44. The molecule has 0 saturated carbocycles. The first-order chi connectivity index (χ1) is 6.59. The quantitative estimate of drug-likeness (QED) is 0.673. The average Bonchev–Trinajstić information content (AvgIpc) is 2.15. The Hall–Kier alpha value is -0.300. The molecule has 1 atom stereocenters. The lowest BCUT2D eigenvalue weighted by Gasteiger charge is -2.11. The van der Waals surface area contributed by atoms with Crippen molar-refractivity contribution >= 4 is 15.9 Å². The molecule has 0 N–H and O–H groups in total. The van der Waals surface area contributed by atoms with E-state index in [0.29, 0.717) is 4.83 Å². The molecule has 0 bridgehead atoms. The molecule has 0 radical (unpaired) electrons. The molecular formula is C13H19Br. The van der Waals surface area contributed by atoms with Crippen LogP contribution in [0.5, 0.6) is 0 Å². The average molecular weight is 255 g/mol. The summed E-state index contributed by atoms with van der Waals surface area (Å²) in [5.41, 5.74) is 2.73. The van der Waals surface area contributed by atoms with E-state index in [0.717, 1.165) is 5.92 Å². The highest BCUT2D eigenvalue weighted by molar-refractivity contribution is 9.09. The first-order valence-electron chi connectivity index (χ1n) is 5.30. The van der Waals surface area contributed by atoms with E-state index >= 15 is 0 Å². The normalized spacial score (nSPS) is 13.2. The molecule has 0 aliphatic carbocycles. The minimum absolute atomic E-state index is 0.519. The summed E-state index contributed by atoms with van der Waals surface area (Å²) in [5, 5.41) is 0. The molecule has 0 fully saturated rings. The summed E-state index contributed by atoms with van der Waals surface area (Å²) in [6.07, 6.45) is 2.50. The van der Waals surface area contributed by atoms with Gasteiger partial charge in [-0.2, -0.15) is 0 Å². The first-order valence-corrected chi connectivity index (χ1v) is 6.22. The molecule has 0 saturated heterocycles. The zero-order chi connectivity index (χ0) is 10.6. The van der Waals surface area contributed by atoms with Gasteiger partial charge in [-0.1, -0.05) is 59.6 Å². The molecule has 78 valence electrons. The molecule has 0 aromatic heterocycles. The molecule has 1 heteroatoms. The topological polar surface area (TPSA) is 0 Å². The molecule has 0 amide bonds. The van der Waals surface area contributed by atoms with Gasteiger partial charge >= 0.3 is 0 Å². The second-order valence-electron chi connectivity index (χ2n) is 4.35. The number of halogens is 1. The van der Waals surface area contributed by atoms with E-state index in [4.69, 9.17) is 0 Å². The lowest BCUT2D eigenvalue weighted by Crippen LogP contribution is -1.94. The van der Waals surface area contributed by atoms with Crippen molar-refractivity contribution in [1.29, 1.82) is 0 Å². The third-order valence-corrected chi connectivity index (χ3v) is 3.42. The smallest absolute Gasteiger partial charge is 0.0395 e. The molecule has 0 nitrogen and oxygen atoms in total. The van der Waals surface area contributed by atoms with E-state index < -0.39 is 0 Å². The molecular weight excluding hydrogens is 236 g/mol. The van der Waals surface area contributed by atoms with E-state index in [-0.39, 0.29) is 0 Å². The highest BCUT2D eigenvalue weighted by Crippen LogP contribution is 2.29. The monoisotopic (exact) mass is 254 g/mol. The number of rotatable bonds is 4. The number of hydrogen-bond acceptors (Lipinski definition) is 0. The van der Waals surface area contributed by atoms with Crippen molar-refractivity contribution in [3.05, 3.63) is 35.4 Å². The summed E-state index contributed by atoms with van der Waals surface area (Å²) in [4.78, 5) is 0.519. The maximum atomic E-state index is 3.74. The van der Waals surface area contributed by atoms with Crippen LogP contribution >= 0.6 is 15.9 Å². The number of hydrogen-bond donors (Lipinski definition) is 0. The van der Waals surface area contributed by atoms with Gasteiger partial charge in [0.15, 0.2) is 0 Å². The van der Waals surface area contributed by atoms with Crippen LogP contribution in [-0.4, -0.2) is 0 Å². The molecule has 0 aliphatic rings. The van der Waals surface area contributed by atoms with Gasteiger partial charge in [0, 0.05) is 4.83 Å². The van der Waals surface area contributed by atoms with Crippen LogP contribution < -0.4 is 0 Å². The van der Waals surface area contributed by atoms with Crippen LogP contribution in [0.3, 0.4) is 0 Å². The van der Waals surface area contributed by atoms with E-state index in [1.165, 1.54) is 24.0 Å². The number of alkyl halides is 1. The Morgan fingerprint density at radius 1 is 1.07 bits per heavy atom. The van der Waals surface area contributed by atoms with Crippen molar-refractivity contribution in [2.24, 2.45) is 5.92 Å². The Kier molecular flexibility index (Phi) is 4.67. The van der Waals surface area contributed by atoms with Crippen LogP contribution in [-0.2, 0) is 0 Å². The van der Waals surface area contributed by atoms with Gasteiger partial charge < -0.3 is 0 Å². The Morgan fingerprint density at radius 2 is 1.64 bits per heavy atom. The minimum Gasteiger partial charge on any atom is -0.0839 e. The van der Waals surface area contributed by atoms with Crippen molar-refractivity contribution in [3.8, 4) is 0 Å². The predicted octanol–water partition coefficient (Wildman–Crippen LogP) is 4.87. The van der Waals surface area contributed by atoms with Crippen molar-refractivity contribution in [3.63, 3.8) is 0 Å². The zero-order valence-electron chi connectivity index (χ0n) is 9.26. The van der Waals surface area contributed by atoms with Gasteiger partial charge in [-0.15, -0.1) is 0 Å². The molecule has 0 heterocycles. The van der Waals surface area contributed by atoms with Crippen molar-refractivity contribution in [2.75, 3.05) is 0 Å². The van der Waals surface area contributed by atoms with Gasteiger partial charge in [-0.25, -0.2) is 0 Å². The Balaban J connectivity index is 2.52. The molecule has 1 aromatic carbocycles. The third kappa shape index (κ3) is 3.83. The molecule has 0 spiro atoms. The van der Waals surface area contributed by atoms with E-state index in [1.54, 1.807) is 0 Å². The summed E-state index contributed by atoms with van der Waals surface area (Å²) in [7, 11) is 0. The first kappa shape index (κ1) is 11.8. The summed E-state index contributed by atoms with van der Waals surface area (Å²) in [5.74, 6) is 0.792. The fraction of sp³-hybridized carbons (Fsp3) is 0.538. The van der Waals surface area contributed by atoms with E-state index in [1.807, 2.05) is 0 Å². The molecule has 0 aliphatic heterocycles. The standard InChI is InChI=1S/C13H19Br/c1-10(2)4-9-13(14)12-7-5-11(3)6-8-12/h5-8,10,13H,4,9H2,1-3H3. The summed E-state index contributed by atoms with van der Waals surface area (Å²) < 4.78 is 0. The van der Waals surface area contributed by atoms with Crippen molar-refractivity contribution in [1.82, 2.24) is 0 Å². The van der Waals surface area contributed by atoms with E-state index in [2.05, 4.69) is 61.0 Å². The Labute approximate surface area is 95.9 Å². The fourth-order valence-corrected chi connectivity index (χ4v) is 1.99. The summed E-state index contributed by atoms with van der Waals surface area (Å²) in [6, 6.07) is 8.79. The van der Waals surface area contributed by atoms with Crippen LogP contribution in [0.4, 0.5) is 0 Å². The maximum Gasteiger partial charge on any atom is 0.0395 e. The van der Waals surface area contributed by atoms with Gasteiger partial charge in [0.2, 0.25) is 0 Å². The molecule has 14 heavy (non-hydrogen) atoms. The van der Waals surface area contributed by atoms with Crippen LogP contribution in [0, 0.1) is 12.8 Å². The van der Waals surface area contributed by atoms with Gasteiger partial charge in [0.05, 0.1) is 0 Å². The Morgan fingerprint density at radius 3 is 2.14 bits per heavy atom. The van der Waals surface area contributed by atoms with Crippen LogP contribution in [0.2, 0.25) is 0 Å². The zero-order valence-corrected chi connectivity index (χ0v) is 10.8. The second-order valence-corrected chi connectivity index (χ2v) is 5.45. The lowest BCUT2D eigenvalue weighted by atomic mass is 10.0. The lowest BCUT2D eigenvalue weighted by molar-refractivity contribution is 0.554. The minimum atomic E-state index is 0.519. The Bertz CT molecular complexity index is 261. The van der Waals surface area contributed by atoms with Gasteiger partial charge in [-0.3, -0.25) is 0 Å². The molecule has 1 unspecified atom stereocenters. The number of benzene rings is 1. The van der Waals surface area contributed by atoms with Crippen LogP contribution in [0.25, 0.3) is 0 Å². The van der Waals surface area contributed by atoms with Crippen LogP contribution in [0.15, 0.2) is 24.3 Å². The highest BCUT2D eigenvalue weighted by Gasteiger charge is 2.07. The van der Waals surface area contributed by atoms with Crippen molar-refractivity contribution in [2.45, 2.75) is 38.4 Å². The summed E-state index contributed by atoms with van der Waals surface area (Å²) >= 11 is 3.74. The largest absolute Gasteiger partial charge is 0.0839 e. The SMILES string of the molecule is Cc1ccc(C(Br)CCC(C)C)cc1. The van der Waals surface area contributed by atoms with Gasteiger partial charge in [-0.05, 0) is 31.2 Å². The molecule has 1 aromatic rings. The molecule has 1 rings (SSSR count). The fourth-order valence-electron chi connectivity index (χ4n) is 1.42. The highest BCUT2D eigenvalue weighted by atomic mass is 79.9. The summed E-state index contributed by atoms with van der Waals surface area (Å²) in [6.45, 7) is 6.67. The second kappa shape index (κ2) is 5.55. The van der Waals surface area contributed by atoms with Crippen LogP contribution in [0.1, 0.15) is 42.6 Å². The van der Waals surface area contributed by atoms with E-state index in [9.17, 15) is 0 Å². The van der Waals surface area contributed by atoms with Gasteiger partial charge in [0.1, 0.15) is 0 Å². The van der Waals surface area contributed by atoms with Crippen molar-refractivity contribution < 1.29 is 0 Å². The number of aryl methyl sites for hydroxylation is 1. The van der Waals surface area contributed by atoms with Gasteiger partial charge in [0.25, 0.3) is 0 Å².